The molecule has 0 amide bonds. The van der Waals surface area contributed by atoms with Crippen molar-refractivity contribution < 1.29 is 5.11 Å². The quantitative estimate of drug-likeness (QED) is 0.651. The number of hydrogen-bond acceptors (Lipinski definition) is 2. The Bertz CT molecular complexity index is 181. The topological polar surface area (TPSA) is 46.2 Å². The van der Waals surface area contributed by atoms with Gasteiger partial charge in [0.25, 0.3) is 0 Å². The second kappa shape index (κ2) is 2.71. The highest BCUT2D eigenvalue weighted by Gasteiger charge is 2.52. The molecule has 2 heteroatoms. The lowest BCUT2D eigenvalue weighted by molar-refractivity contribution is 0.00166. The molecule has 0 aromatic rings. The Balaban J connectivity index is 2.19. The number of aliphatic hydroxyl groups excluding tert-OH is 1. The van der Waals surface area contributed by atoms with Crippen LogP contribution in [0.3, 0.4) is 0 Å². The van der Waals surface area contributed by atoms with Crippen LogP contribution in [-0.2, 0) is 0 Å². The summed E-state index contributed by atoms with van der Waals surface area (Å²) in [6.07, 6.45) is 4.96. The number of aliphatic hydroxyl groups is 1. The molecule has 3 N–H and O–H groups in total. The van der Waals surface area contributed by atoms with E-state index in [1.807, 2.05) is 6.92 Å². The number of hydrogen-bond donors (Lipinski definition) is 2. The average Bonchev–Trinajstić information content (AvgIpc) is 2.62. The maximum absolute atomic E-state index is 9.74. The van der Waals surface area contributed by atoms with Gasteiger partial charge in [-0.2, -0.15) is 0 Å². The van der Waals surface area contributed by atoms with E-state index in [9.17, 15) is 5.11 Å². The monoisotopic (exact) mass is 169 g/mol. The predicted molar refractivity (Wildman–Crippen MR) is 48.6 cm³/mol. The Kier molecular flexibility index (Phi) is 1.92. The molecule has 0 aliphatic heterocycles. The molecular weight excluding hydrogens is 150 g/mol. The van der Waals surface area contributed by atoms with Crippen LogP contribution in [-0.4, -0.2) is 17.8 Å². The first-order chi connectivity index (χ1) is 5.69. The van der Waals surface area contributed by atoms with E-state index in [0.717, 1.165) is 5.92 Å². The van der Waals surface area contributed by atoms with Gasteiger partial charge in [-0.3, -0.25) is 0 Å². The molecule has 2 saturated carbocycles. The zero-order valence-electron chi connectivity index (χ0n) is 7.79. The van der Waals surface area contributed by atoms with Gasteiger partial charge in [0.2, 0.25) is 0 Å². The fourth-order valence-electron chi connectivity index (χ4n) is 3.42. The van der Waals surface area contributed by atoms with Crippen LogP contribution in [0.15, 0.2) is 0 Å². The second-order valence-electron chi connectivity index (χ2n) is 4.69. The van der Waals surface area contributed by atoms with Gasteiger partial charge in [0.05, 0.1) is 6.10 Å². The maximum atomic E-state index is 9.74. The van der Waals surface area contributed by atoms with E-state index >= 15 is 0 Å². The summed E-state index contributed by atoms with van der Waals surface area (Å²) in [5, 5.41) is 9.74. The van der Waals surface area contributed by atoms with Crippen LogP contribution in [0, 0.1) is 17.3 Å². The second-order valence-corrected chi connectivity index (χ2v) is 4.69. The van der Waals surface area contributed by atoms with Crippen molar-refractivity contribution in [2.45, 2.75) is 38.7 Å². The van der Waals surface area contributed by atoms with Crippen LogP contribution in [0.2, 0.25) is 0 Å². The van der Waals surface area contributed by atoms with E-state index in [2.05, 4.69) is 0 Å². The smallest absolute Gasteiger partial charge is 0.0583 e. The Morgan fingerprint density at radius 3 is 2.58 bits per heavy atom. The first-order valence-corrected chi connectivity index (χ1v) is 5.07. The van der Waals surface area contributed by atoms with Crippen molar-refractivity contribution in [1.29, 1.82) is 0 Å². The van der Waals surface area contributed by atoms with Crippen molar-refractivity contribution >= 4 is 0 Å². The van der Waals surface area contributed by atoms with E-state index in [-0.39, 0.29) is 11.5 Å². The van der Waals surface area contributed by atoms with E-state index in [4.69, 9.17) is 5.73 Å². The molecule has 0 spiro atoms. The Morgan fingerprint density at radius 2 is 2.33 bits per heavy atom. The lowest BCUT2D eigenvalue weighted by atomic mass is 9.70. The summed E-state index contributed by atoms with van der Waals surface area (Å²) in [6, 6.07) is 0. The summed E-state index contributed by atoms with van der Waals surface area (Å²) in [6.45, 7) is 2.58. The molecule has 12 heavy (non-hydrogen) atoms. The number of fused-ring (bicyclic) bond motifs is 2. The van der Waals surface area contributed by atoms with Crippen LogP contribution in [0.25, 0.3) is 0 Å². The van der Waals surface area contributed by atoms with Gasteiger partial charge >= 0.3 is 0 Å². The van der Waals surface area contributed by atoms with Crippen molar-refractivity contribution in [3.63, 3.8) is 0 Å². The molecule has 4 unspecified atom stereocenters. The normalized spacial score (nSPS) is 48.2. The van der Waals surface area contributed by atoms with Crippen LogP contribution >= 0.6 is 0 Å². The van der Waals surface area contributed by atoms with Gasteiger partial charge in [-0.05, 0) is 38.0 Å². The Morgan fingerprint density at radius 1 is 1.58 bits per heavy atom. The summed E-state index contributed by atoms with van der Waals surface area (Å²) in [4.78, 5) is 0. The molecule has 0 radical (unpaired) electrons. The van der Waals surface area contributed by atoms with Gasteiger partial charge < -0.3 is 10.8 Å². The van der Waals surface area contributed by atoms with Crippen molar-refractivity contribution in [2.75, 3.05) is 6.54 Å². The molecule has 0 saturated heterocycles. The van der Waals surface area contributed by atoms with Crippen molar-refractivity contribution in [3.05, 3.63) is 0 Å². The van der Waals surface area contributed by atoms with Crippen LogP contribution in [0.5, 0.6) is 0 Å². The first-order valence-electron chi connectivity index (χ1n) is 5.07. The van der Waals surface area contributed by atoms with E-state index in [1.54, 1.807) is 0 Å². The highest BCUT2D eigenvalue weighted by Crippen LogP contribution is 2.56. The maximum Gasteiger partial charge on any atom is 0.0583 e. The fraction of sp³-hybridized carbons (Fsp3) is 1.00. The van der Waals surface area contributed by atoms with Gasteiger partial charge in [0.1, 0.15) is 0 Å². The minimum absolute atomic E-state index is 0.0862. The summed E-state index contributed by atoms with van der Waals surface area (Å²) >= 11 is 0. The predicted octanol–water partition coefficient (Wildman–Crippen LogP) is 1.13. The summed E-state index contributed by atoms with van der Waals surface area (Å²) in [5.74, 6) is 1.58. The third-order valence-corrected chi connectivity index (χ3v) is 4.24. The molecule has 2 bridgehead atoms. The summed E-state index contributed by atoms with van der Waals surface area (Å²) in [5.41, 5.74) is 5.88. The Hall–Kier alpha value is -0.0800. The summed E-state index contributed by atoms with van der Waals surface area (Å²) in [7, 11) is 0. The molecule has 2 fully saturated rings. The van der Waals surface area contributed by atoms with Gasteiger partial charge in [0.15, 0.2) is 0 Å². The zero-order valence-corrected chi connectivity index (χ0v) is 7.79. The minimum Gasteiger partial charge on any atom is -0.393 e. The minimum atomic E-state index is -0.210. The van der Waals surface area contributed by atoms with Gasteiger partial charge in [-0.15, -0.1) is 0 Å². The highest BCUT2D eigenvalue weighted by molar-refractivity contribution is 5.03. The van der Waals surface area contributed by atoms with Crippen LogP contribution in [0.1, 0.15) is 32.6 Å². The molecule has 2 rings (SSSR count). The molecule has 0 aromatic heterocycles. The largest absolute Gasteiger partial charge is 0.393 e. The highest BCUT2D eigenvalue weighted by atomic mass is 16.3. The average molecular weight is 169 g/mol. The van der Waals surface area contributed by atoms with Gasteiger partial charge in [0, 0.05) is 12.0 Å². The number of rotatable bonds is 2. The molecule has 4 atom stereocenters. The van der Waals surface area contributed by atoms with E-state index < -0.39 is 0 Å². The standard InChI is InChI=1S/C10H19NO/c1-7(12)10(6-11)5-8-2-3-9(10)4-8/h7-9,12H,2-6,11H2,1H3. The molecule has 0 aromatic carbocycles. The zero-order chi connectivity index (χ0) is 8.77. The van der Waals surface area contributed by atoms with Crippen molar-refractivity contribution in [3.8, 4) is 0 Å². The molecule has 2 aliphatic carbocycles. The fourth-order valence-corrected chi connectivity index (χ4v) is 3.42. The van der Waals surface area contributed by atoms with Crippen LogP contribution < -0.4 is 5.73 Å². The molecule has 2 nitrogen and oxygen atoms in total. The van der Waals surface area contributed by atoms with E-state index in [0.29, 0.717) is 12.5 Å². The first kappa shape index (κ1) is 8.52. The Labute approximate surface area is 74.1 Å². The number of nitrogens with two attached hydrogens (primary N) is 1. The summed E-state index contributed by atoms with van der Waals surface area (Å²) < 4.78 is 0. The molecule has 70 valence electrons. The SMILES string of the molecule is CC(O)C1(CN)CC2CCC1C2. The third-order valence-electron chi connectivity index (χ3n) is 4.24. The van der Waals surface area contributed by atoms with Gasteiger partial charge in [-0.1, -0.05) is 6.42 Å². The lowest BCUT2D eigenvalue weighted by Gasteiger charge is -2.39. The van der Waals surface area contributed by atoms with Crippen molar-refractivity contribution in [2.24, 2.45) is 23.0 Å². The lowest BCUT2D eigenvalue weighted by Crippen LogP contribution is -2.44. The third kappa shape index (κ3) is 0.944. The molecule has 2 aliphatic rings. The van der Waals surface area contributed by atoms with Gasteiger partial charge in [-0.25, -0.2) is 0 Å². The van der Waals surface area contributed by atoms with Crippen LogP contribution in [0.4, 0.5) is 0 Å². The molecule has 0 heterocycles. The van der Waals surface area contributed by atoms with E-state index in [1.165, 1.54) is 25.7 Å². The molecular formula is C10H19NO. The van der Waals surface area contributed by atoms with Crippen molar-refractivity contribution in [1.82, 2.24) is 0 Å².